The van der Waals surface area contributed by atoms with Gasteiger partial charge in [0.15, 0.2) is 0 Å². The first kappa shape index (κ1) is 24.6. The average molecular weight is 470 g/mol. The summed E-state index contributed by atoms with van der Waals surface area (Å²) in [5.41, 5.74) is 4.43. The zero-order chi connectivity index (χ0) is 21.6. The lowest BCUT2D eigenvalue weighted by molar-refractivity contribution is 0.262. The minimum atomic E-state index is 0.665. The quantitative estimate of drug-likeness (QED) is 0.356. The zero-order valence-electron chi connectivity index (χ0n) is 18.7. The summed E-state index contributed by atoms with van der Waals surface area (Å²) < 4.78 is 0. The predicted octanol–water partition coefficient (Wildman–Crippen LogP) is 7.48. The van der Waals surface area contributed by atoms with Crippen LogP contribution in [-0.2, 0) is 13.0 Å². The first-order valence-electron chi connectivity index (χ1n) is 11.5. The molecule has 1 saturated carbocycles. The summed E-state index contributed by atoms with van der Waals surface area (Å²) in [4.78, 5) is 3.26. The molecule has 1 fully saturated rings. The molecule has 0 heterocycles. The second-order valence-corrected chi connectivity index (χ2v) is 9.41. The molecule has 0 aromatic heterocycles. The van der Waals surface area contributed by atoms with Crippen molar-refractivity contribution in [3.63, 3.8) is 0 Å². The molecule has 0 aliphatic heterocycles. The zero-order valence-corrected chi connectivity index (χ0v) is 20.3. The van der Waals surface area contributed by atoms with Crippen LogP contribution in [0.25, 0.3) is 0 Å². The molecule has 0 N–H and O–H groups in total. The molecule has 30 heavy (non-hydrogen) atoms. The number of nitrogens with zero attached hydrogens (tertiary/aromatic N) is 2. The van der Waals surface area contributed by atoms with E-state index < -0.39 is 0 Å². The van der Waals surface area contributed by atoms with Crippen LogP contribution in [0.15, 0.2) is 54.6 Å². The lowest BCUT2D eigenvalue weighted by atomic mass is 9.83. The van der Waals surface area contributed by atoms with Crippen molar-refractivity contribution >= 4 is 15.9 Å². The van der Waals surface area contributed by atoms with Crippen LogP contribution in [0.5, 0.6) is 0 Å². The Labute approximate surface area is 192 Å². The maximum atomic E-state index is 7.32. The average Bonchev–Trinajstić information content (AvgIpc) is 2.76. The maximum Gasteiger partial charge on any atom is 0.0587 e. The van der Waals surface area contributed by atoms with Gasteiger partial charge in [-0.3, -0.25) is 4.90 Å². The fourth-order valence-corrected chi connectivity index (χ4v) is 5.22. The highest BCUT2D eigenvalue weighted by molar-refractivity contribution is 9.09. The van der Waals surface area contributed by atoms with Gasteiger partial charge in [0.05, 0.1) is 6.07 Å². The predicted molar refractivity (Wildman–Crippen MR) is 132 cm³/mol. The molecule has 162 valence electrons. The van der Waals surface area contributed by atoms with Gasteiger partial charge in [0.2, 0.25) is 0 Å². The molecule has 0 radical (unpaired) electrons. The molecule has 0 saturated heterocycles. The number of hydrogen-bond acceptors (Lipinski definition) is 2. The van der Waals surface area contributed by atoms with Gasteiger partial charge >= 0.3 is 0 Å². The molecule has 0 bridgehead atoms. The first-order valence-corrected chi connectivity index (χ1v) is 12.4. The number of hydrogen-bond donors (Lipinski definition) is 0. The summed E-state index contributed by atoms with van der Waals surface area (Å²) in [5, 5.41) is 7.32. The van der Waals surface area contributed by atoms with Crippen LogP contribution in [0.1, 0.15) is 75.0 Å². The third-order valence-electron chi connectivity index (χ3n) is 5.82. The summed E-state index contributed by atoms with van der Waals surface area (Å²) in [6, 6.07) is 22.1. The SMILES string of the molecule is CC#N.CCCN(CCCc1ccc(C2CCCCC2Br)cc1)Cc1ccccc1. The molecular weight excluding hydrogens is 432 g/mol. The lowest BCUT2D eigenvalue weighted by Crippen LogP contribution is -2.25. The highest BCUT2D eigenvalue weighted by Crippen LogP contribution is 2.37. The lowest BCUT2D eigenvalue weighted by Gasteiger charge is -2.27. The van der Waals surface area contributed by atoms with Crippen molar-refractivity contribution in [2.75, 3.05) is 13.1 Å². The van der Waals surface area contributed by atoms with E-state index in [-0.39, 0.29) is 0 Å². The standard InChI is InChI=1S/C25H34BrN.C2H3N/c1-2-18-27(20-22-9-4-3-5-10-22)19-8-11-21-14-16-23(17-15-21)24-12-6-7-13-25(24)26;1-2-3/h3-5,9-10,14-17,24-25H,2,6-8,11-13,18-20H2,1H3;1H3. The van der Waals surface area contributed by atoms with Crippen molar-refractivity contribution in [2.45, 2.75) is 76.1 Å². The number of benzene rings is 2. The van der Waals surface area contributed by atoms with Crippen LogP contribution >= 0.6 is 15.9 Å². The van der Waals surface area contributed by atoms with Gasteiger partial charge in [-0.25, -0.2) is 0 Å². The highest BCUT2D eigenvalue weighted by atomic mass is 79.9. The van der Waals surface area contributed by atoms with E-state index in [0.29, 0.717) is 10.7 Å². The highest BCUT2D eigenvalue weighted by Gasteiger charge is 2.23. The normalized spacial score (nSPS) is 18.4. The third kappa shape index (κ3) is 8.62. The Balaban J connectivity index is 0.00000101. The van der Waals surface area contributed by atoms with Gasteiger partial charge in [-0.15, -0.1) is 0 Å². The van der Waals surface area contributed by atoms with Crippen molar-refractivity contribution in [1.82, 2.24) is 4.90 Å². The van der Waals surface area contributed by atoms with Gasteiger partial charge in [0.25, 0.3) is 0 Å². The molecule has 0 amide bonds. The monoisotopic (exact) mass is 468 g/mol. The number of alkyl halides is 1. The summed E-state index contributed by atoms with van der Waals surface area (Å²) in [5.74, 6) is 0.707. The largest absolute Gasteiger partial charge is 0.299 e. The van der Waals surface area contributed by atoms with Gasteiger partial charge < -0.3 is 0 Å². The molecule has 0 spiro atoms. The van der Waals surface area contributed by atoms with E-state index in [2.05, 4.69) is 82.4 Å². The van der Waals surface area contributed by atoms with E-state index in [1.807, 2.05) is 0 Å². The minimum absolute atomic E-state index is 0.665. The molecule has 2 aromatic rings. The van der Waals surface area contributed by atoms with Crippen LogP contribution in [0.2, 0.25) is 0 Å². The number of aryl methyl sites for hydroxylation is 1. The molecule has 2 aromatic carbocycles. The molecule has 1 aliphatic carbocycles. The van der Waals surface area contributed by atoms with E-state index in [9.17, 15) is 0 Å². The molecular formula is C27H37BrN2. The number of rotatable bonds is 9. The third-order valence-corrected chi connectivity index (χ3v) is 6.91. The Morgan fingerprint density at radius 3 is 2.27 bits per heavy atom. The van der Waals surface area contributed by atoms with Gasteiger partial charge in [-0.2, -0.15) is 5.26 Å². The van der Waals surface area contributed by atoms with E-state index in [4.69, 9.17) is 5.26 Å². The van der Waals surface area contributed by atoms with Crippen LogP contribution in [0.4, 0.5) is 0 Å². The molecule has 2 unspecified atom stereocenters. The van der Waals surface area contributed by atoms with E-state index in [0.717, 1.165) is 6.54 Å². The number of halogens is 1. The van der Waals surface area contributed by atoms with Gasteiger partial charge in [0, 0.05) is 18.3 Å². The Morgan fingerprint density at radius 2 is 1.63 bits per heavy atom. The van der Waals surface area contributed by atoms with E-state index in [1.165, 1.54) is 81.6 Å². The number of nitriles is 1. The molecule has 3 rings (SSSR count). The van der Waals surface area contributed by atoms with Crippen LogP contribution < -0.4 is 0 Å². The summed E-state index contributed by atoms with van der Waals surface area (Å²) in [6.45, 7) is 7.14. The topological polar surface area (TPSA) is 27.0 Å². The first-order chi connectivity index (χ1) is 14.7. The fourth-order valence-electron chi connectivity index (χ4n) is 4.33. The molecule has 3 heteroatoms. The van der Waals surface area contributed by atoms with E-state index >= 15 is 0 Å². The second kappa shape index (κ2) is 14.4. The van der Waals surface area contributed by atoms with Crippen molar-refractivity contribution < 1.29 is 0 Å². The van der Waals surface area contributed by atoms with Crippen molar-refractivity contribution in [2.24, 2.45) is 0 Å². The minimum Gasteiger partial charge on any atom is -0.299 e. The smallest absolute Gasteiger partial charge is 0.0587 e. The van der Waals surface area contributed by atoms with Crippen molar-refractivity contribution in [3.8, 4) is 6.07 Å². The second-order valence-electron chi connectivity index (χ2n) is 8.24. The summed E-state index contributed by atoms with van der Waals surface area (Å²) >= 11 is 3.90. The Hall–Kier alpha value is -1.63. The maximum absolute atomic E-state index is 7.32. The summed E-state index contributed by atoms with van der Waals surface area (Å²) in [7, 11) is 0. The molecule has 1 aliphatic rings. The van der Waals surface area contributed by atoms with Crippen molar-refractivity contribution in [1.29, 1.82) is 5.26 Å². The molecule has 2 atom stereocenters. The Kier molecular flexibility index (Phi) is 11.8. The Bertz CT molecular complexity index is 736. The van der Waals surface area contributed by atoms with Crippen LogP contribution in [0.3, 0.4) is 0 Å². The van der Waals surface area contributed by atoms with Gasteiger partial charge in [0.1, 0.15) is 0 Å². The van der Waals surface area contributed by atoms with Crippen molar-refractivity contribution in [3.05, 3.63) is 71.3 Å². The summed E-state index contributed by atoms with van der Waals surface area (Å²) in [6.07, 6.45) is 9.04. The molecule has 2 nitrogen and oxygen atoms in total. The van der Waals surface area contributed by atoms with Crippen LogP contribution in [0, 0.1) is 11.3 Å². The van der Waals surface area contributed by atoms with Gasteiger partial charge in [-0.05, 0) is 67.8 Å². The van der Waals surface area contributed by atoms with E-state index in [1.54, 1.807) is 6.07 Å². The Morgan fingerprint density at radius 1 is 0.967 bits per heavy atom. The van der Waals surface area contributed by atoms with Crippen LogP contribution in [-0.4, -0.2) is 22.8 Å². The fraction of sp³-hybridized carbons (Fsp3) is 0.519. The van der Waals surface area contributed by atoms with Gasteiger partial charge in [-0.1, -0.05) is 90.3 Å².